The number of Topliss-reactive ketones (excluding diaryl/α,β-unsaturated/α-hetero) is 1. The first-order valence-electron chi connectivity index (χ1n) is 9.15. The van der Waals surface area contributed by atoms with Crippen molar-refractivity contribution < 1.29 is 24.1 Å². The lowest BCUT2D eigenvalue weighted by Crippen LogP contribution is -2.08. The molecule has 0 aliphatic carbocycles. The van der Waals surface area contributed by atoms with Gasteiger partial charge in [-0.2, -0.15) is 0 Å². The first kappa shape index (κ1) is 22.1. The van der Waals surface area contributed by atoms with E-state index in [0.717, 1.165) is 12.0 Å². The minimum absolute atomic E-state index is 0.0986. The molecule has 1 aromatic carbocycles. The van der Waals surface area contributed by atoms with E-state index in [9.17, 15) is 9.90 Å². The maximum absolute atomic E-state index is 12.5. The van der Waals surface area contributed by atoms with E-state index in [1.54, 1.807) is 31.4 Å². The van der Waals surface area contributed by atoms with Gasteiger partial charge in [-0.1, -0.05) is 18.5 Å². The minimum atomic E-state index is -0.855. The molecular weight excluding hydrogens is 382 g/mol. The molecule has 0 saturated carbocycles. The number of nitrogens with zero attached hydrogens (tertiary/aromatic N) is 1. The highest BCUT2D eigenvalue weighted by molar-refractivity contribution is 6.29. The molecule has 2 aromatic rings. The Labute approximate surface area is 170 Å². The van der Waals surface area contributed by atoms with Gasteiger partial charge in [-0.25, -0.2) is 4.98 Å². The average Bonchev–Trinajstić information content (AvgIpc) is 2.71. The third-order valence-corrected chi connectivity index (χ3v) is 4.49. The van der Waals surface area contributed by atoms with E-state index in [1.807, 2.05) is 13.0 Å². The number of aryl methyl sites for hydroxylation is 1. The van der Waals surface area contributed by atoms with Crippen LogP contribution in [0.15, 0.2) is 30.3 Å². The molecule has 28 heavy (non-hydrogen) atoms. The van der Waals surface area contributed by atoms with Crippen LogP contribution in [0.5, 0.6) is 11.5 Å². The number of pyridine rings is 1. The maximum Gasteiger partial charge on any atom is 0.163 e. The molecule has 0 fully saturated rings. The molecule has 0 aliphatic rings. The Bertz CT molecular complexity index is 796. The SMILES string of the molecule is CCc1cc(Cl)nc(C(O)CCC(=O)c2ccc(OCCOC)c(OC)c2)c1. The third-order valence-electron chi connectivity index (χ3n) is 4.30. The fourth-order valence-corrected chi connectivity index (χ4v) is 2.94. The van der Waals surface area contributed by atoms with Crippen molar-refractivity contribution in [3.05, 3.63) is 52.3 Å². The van der Waals surface area contributed by atoms with Crippen LogP contribution in [0.4, 0.5) is 0 Å². The Hall–Kier alpha value is -2.15. The number of carbonyl (C=O) groups is 1. The Kier molecular flexibility index (Phi) is 8.70. The number of ether oxygens (including phenoxy) is 3. The number of carbonyl (C=O) groups excluding carboxylic acids is 1. The normalized spacial score (nSPS) is 11.9. The van der Waals surface area contributed by atoms with Crippen LogP contribution in [-0.2, 0) is 11.2 Å². The van der Waals surface area contributed by atoms with Gasteiger partial charge in [0, 0.05) is 19.1 Å². The van der Waals surface area contributed by atoms with Gasteiger partial charge in [0.2, 0.25) is 0 Å². The molecule has 1 aromatic heterocycles. The van der Waals surface area contributed by atoms with Crippen LogP contribution in [0, 0.1) is 0 Å². The van der Waals surface area contributed by atoms with E-state index in [4.69, 9.17) is 25.8 Å². The number of aromatic nitrogens is 1. The Morgan fingerprint density at radius 1 is 1.18 bits per heavy atom. The number of rotatable bonds is 11. The summed E-state index contributed by atoms with van der Waals surface area (Å²) >= 11 is 6.00. The van der Waals surface area contributed by atoms with Gasteiger partial charge in [0.15, 0.2) is 17.3 Å². The standard InChI is InChI=1S/C21H26ClNO5/c1-4-14-11-16(23-21(22)12-14)18(25)7-6-17(24)15-5-8-19(20(13-15)27-3)28-10-9-26-2/h5,8,11-13,18,25H,4,6-7,9-10H2,1-3H3. The number of hydrogen-bond donors (Lipinski definition) is 1. The highest BCUT2D eigenvalue weighted by atomic mass is 35.5. The van der Waals surface area contributed by atoms with Gasteiger partial charge in [0.25, 0.3) is 0 Å². The molecule has 0 amide bonds. The van der Waals surface area contributed by atoms with E-state index in [2.05, 4.69) is 4.98 Å². The maximum atomic E-state index is 12.5. The summed E-state index contributed by atoms with van der Waals surface area (Å²) in [6, 6.07) is 8.61. The smallest absolute Gasteiger partial charge is 0.163 e. The van der Waals surface area contributed by atoms with Crippen molar-refractivity contribution in [2.75, 3.05) is 27.4 Å². The Morgan fingerprint density at radius 2 is 1.96 bits per heavy atom. The molecular formula is C21H26ClNO5. The molecule has 1 heterocycles. The summed E-state index contributed by atoms with van der Waals surface area (Å²) in [6.45, 7) is 2.85. The number of methoxy groups -OCH3 is 2. The second-order valence-corrected chi connectivity index (χ2v) is 6.65. The van der Waals surface area contributed by atoms with Crippen LogP contribution < -0.4 is 9.47 Å². The molecule has 152 valence electrons. The number of ketones is 1. The molecule has 0 spiro atoms. The average molecular weight is 408 g/mol. The van der Waals surface area contributed by atoms with Gasteiger partial charge >= 0.3 is 0 Å². The summed E-state index contributed by atoms with van der Waals surface area (Å²) in [5, 5.41) is 10.7. The largest absolute Gasteiger partial charge is 0.493 e. The highest BCUT2D eigenvalue weighted by Gasteiger charge is 2.16. The van der Waals surface area contributed by atoms with Crippen LogP contribution in [0.25, 0.3) is 0 Å². The van der Waals surface area contributed by atoms with Crippen LogP contribution >= 0.6 is 11.6 Å². The van der Waals surface area contributed by atoms with Gasteiger partial charge in [-0.05, 0) is 48.7 Å². The zero-order valence-electron chi connectivity index (χ0n) is 16.4. The first-order valence-corrected chi connectivity index (χ1v) is 9.53. The summed E-state index contributed by atoms with van der Waals surface area (Å²) < 4.78 is 15.8. The summed E-state index contributed by atoms with van der Waals surface area (Å²) in [4.78, 5) is 16.7. The van der Waals surface area contributed by atoms with Gasteiger partial charge in [-0.15, -0.1) is 0 Å². The van der Waals surface area contributed by atoms with Crippen molar-refractivity contribution in [1.29, 1.82) is 0 Å². The number of benzene rings is 1. The quantitative estimate of drug-likeness (QED) is 0.344. The fourth-order valence-electron chi connectivity index (χ4n) is 2.70. The molecule has 1 unspecified atom stereocenters. The predicted molar refractivity (Wildman–Crippen MR) is 108 cm³/mol. The lowest BCUT2D eigenvalue weighted by molar-refractivity contribution is 0.0937. The summed E-state index contributed by atoms with van der Waals surface area (Å²) in [5.41, 5.74) is 1.97. The number of halogens is 1. The van der Waals surface area contributed by atoms with Crippen LogP contribution in [-0.4, -0.2) is 43.3 Å². The number of aliphatic hydroxyl groups is 1. The predicted octanol–water partition coefficient (Wildman–Crippen LogP) is 4.03. The summed E-state index contributed by atoms with van der Waals surface area (Å²) in [7, 11) is 3.12. The van der Waals surface area contributed by atoms with Crippen LogP contribution in [0.2, 0.25) is 5.15 Å². The zero-order chi connectivity index (χ0) is 20.5. The summed E-state index contributed by atoms with van der Waals surface area (Å²) in [5.74, 6) is 0.927. The van der Waals surface area contributed by atoms with Crippen molar-refractivity contribution in [3.63, 3.8) is 0 Å². The molecule has 0 saturated heterocycles. The second kappa shape index (κ2) is 11.0. The third kappa shape index (κ3) is 6.19. The van der Waals surface area contributed by atoms with E-state index >= 15 is 0 Å². The molecule has 0 radical (unpaired) electrons. The van der Waals surface area contributed by atoms with Crippen molar-refractivity contribution in [1.82, 2.24) is 4.98 Å². The lowest BCUT2D eigenvalue weighted by atomic mass is 10.0. The van der Waals surface area contributed by atoms with Gasteiger partial charge in [0.1, 0.15) is 11.8 Å². The minimum Gasteiger partial charge on any atom is -0.493 e. The van der Waals surface area contributed by atoms with Gasteiger partial charge in [0.05, 0.1) is 25.5 Å². The number of hydrogen-bond acceptors (Lipinski definition) is 6. The molecule has 0 aliphatic heterocycles. The van der Waals surface area contributed by atoms with Crippen molar-refractivity contribution in [2.45, 2.75) is 32.3 Å². The summed E-state index contributed by atoms with van der Waals surface area (Å²) in [6.07, 6.45) is 0.360. The topological polar surface area (TPSA) is 77.9 Å². The van der Waals surface area contributed by atoms with Crippen LogP contribution in [0.3, 0.4) is 0 Å². The lowest BCUT2D eigenvalue weighted by Gasteiger charge is -2.13. The molecule has 2 rings (SSSR count). The molecule has 7 heteroatoms. The van der Waals surface area contributed by atoms with E-state index in [0.29, 0.717) is 41.1 Å². The molecule has 1 atom stereocenters. The Morgan fingerprint density at radius 3 is 2.64 bits per heavy atom. The van der Waals surface area contributed by atoms with Crippen molar-refractivity contribution in [2.24, 2.45) is 0 Å². The van der Waals surface area contributed by atoms with E-state index < -0.39 is 6.10 Å². The van der Waals surface area contributed by atoms with Crippen LogP contribution in [0.1, 0.15) is 47.5 Å². The Balaban J connectivity index is 2.01. The van der Waals surface area contributed by atoms with Crippen molar-refractivity contribution >= 4 is 17.4 Å². The monoisotopic (exact) mass is 407 g/mol. The second-order valence-electron chi connectivity index (χ2n) is 6.26. The first-order chi connectivity index (χ1) is 13.5. The molecule has 6 nitrogen and oxygen atoms in total. The molecule has 1 N–H and O–H groups in total. The van der Waals surface area contributed by atoms with E-state index in [1.165, 1.54) is 7.11 Å². The van der Waals surface area contributed by atoms with Gasteiger partial charge < -0.3 is 19.3 Å². The van der Waals surface area contributed by atoms with E-state index in [-0.39, 0.29) is 18.6 Å². The molecule has 0 bridgehead atoms. The highest BCUT2D eigenvalue weighted by Crippen LogP contribution is 2.29. The zero-order valence-corrected chi connectivity index (χ0v) is 17.2. The fraction of sp³-hybridized carbons (Fsp3) is 0.429. The van der Waals surface area contributed by atoms with Gasteiger partial charge in [-0.3, -0.25) is 4.79 Å². The van der Waals surface area contributed by atoms with Crippen molar-refractivity contribution in [3.8, 4) is 11.5 Å². The number of aliphatic hydroxyl groups excluding tert-OH is 1.